The third-order valence-electron chi connectivity index (χ3n) is 8.53. The van der Waals surface area contributed by atoms with Gasteiger partial charge in [-0.3, -0.25) is 0 Å². The minimum atomic E-state index is 0.500. The Balaban J connectivity index is 1.58. The highest BCUT2D eigenvalue weighted by Gasteiger charge is 2.22. The highest BCUT2D eigenvalue weighted by Crippen LogP contribution is 2.45. The van der Waals surface area contributed by atoms with Crippen molar-refractivity contribution in [2.75, 3.05) is 42.7 Å². The quantitative estimate of drug-likeness (QED) is 0.156. The van der Waals surface area contributed by atoms with Crippen molar-refractivity contribution < 1.29 is 28.4 Å². The van der Waals surface area contributed by atoms with E-state index in [2.05, 4.69) is 41.8 Å². The smallest absolute Gasteiger partial charge is 0.203 e. The van der Waals surface area contributed by atoms with Crippen molar-refractivity contribution in [1.82, 2.24) is 19.9 Å². The van der Waals surface area contributed by atoms with Crippen LogP contribution in [0.2, 0.25) is 0 Å². The number of hydrogen-bond donors (Lipinski definition) is 2. The summed E-state index contributed by atoms with van der Waals surface area (Å²) in [7, 11) is 9.58. The summed E-state index contributed by atoms with van der Waals surface area (Å²) >= 11 is 7.69. The SMILES string of the molecule is COc1cc(-c2c3nc(c(Br)c4ccc([nH]4)c(-c4cc(OC)c(OC)c(OC)c4)c4ccc([nH]4)c(Br)c4nc2C=C4)C=C3)cc(OC)c1OC. The van der Waals surface area contributed by atoms with Gasteiger partial charge in [0.2, 0.25) is 11.5 Å². The highest BCUT2D eigenvalue weighted by molar-refractivity contribution is 9.11. The molecule has 0 atom stereocenters. The highest BCUT2D eigenvalue weighted by atomic mass is 79.9. The number of aromatic amines is 2. The summed E-state index contributed by atoms with van der Waals surface area (Å²) in [5.74, 6) is 3.15. The van der Waals surface area contributed by atoms with E-state index in [4.69, 9.17) is 38.4 Å². The second-order valence-electron chi connectivity index (χ2n) is 11.2. The lowest BCUT2D eigenvalue weighted by atomic mass is 10.0. The summed E-state index contributed by atoms with van der Waals surface area (Å²) < 4.78 is 35.6. The predicted molar refractivity (Wildman–Crippen MR) is 204 cm³/mol. The number of nitrogens with one attached hydrogen (secondary N) is 2. The van der Waals surface area contributed by atoms with Crippen molar-refractivity contribution in [3.63, 3.8) is 0 Å². The third kappa shape index (κ3) is 5.67. The van der Waals surface area contributed by atoms with Gasteiger partial charge in [0.15, 0.2) is 23.0 Å². The van der Waals surface area contributed by atoms with Crippen molar-refractivity contribution >= 4 is 78.2 Å². The van der Waals surface area contributed by atoms with Gasteiger partial charge in [-0.15, -0.1) is 0 Å². The van der Waals surface area contributed by atoms with Gasteiger partial charge in [-0.25, -0.2) is 9.97 Å². The Kier molecular flexibility index (Phi) is 9.06. The molecular formula is C38H32Br2N4O6. The second kappa shape index (κ2) is 13.6. The van der Waals surface area contributed by atoms with E-state index < -0.39 is 0 Å². The zero-order valence-corrected chi connectivity index (χ0v) is 31.2. The molecule has 5 heterocycles. The molecule has 0 fully saturated rings. The molecule has 0 unspecified atom stereocenters. The number of H-pyrrole nitrogens is 2. The molecule has 3 aromatic heterocycles. The lowest BCUT2D eigenvalue weighted by molar-refractivity contribution is 0.324. The maximum atomic E-state index is 5.72. The topological polar surface area (TPSA) is 113 Å². The molecule has 2 aliphatic rings. The van der Waals surface area contributed by atoms with Crippen LogP contribution in [0, 0.1) is 0 Å². The molecule has 2 N–H and O–H groups in total. The van der Waals surface area contributed by atoms with Crippen LogP contribution in [0.4, 0.5) is 0 Å². The Hall–Kier alpha value is -5.20. The van der Waals surface area contributed by atoms with E-state index in [0.717, 1.165) is 76.0 Å². The monoisotopic (exact) mass is 798 g/mol. The summed E-state index contributed by atoms with van der Waals surface area (Å²) in [6.07, 6.45) is 7.91. The van der Waals surface area contributed by atoms with Gasteiger partial charge in [-0.2, -0.15) is 0 Å². The molecule has 254 valence electrons. The van der Waals surface area contributed by atoms with Crippen LogP contribution in [0.3, 0.4) is 0 Å². The average Bonchev–Trinajstić information content (AvgIpc) is 3.98. The molecule has 12 heteroatoms. The van der Waals surface area contributed by atoms with Crippen LogP contribution >= 0.6 is 31.9 Å². The molecule has 0 spiro atoms. The number of methoxy groups -OCH3 is 6. The number of fused-ring (bicyclic) bond motifs is 8. The second-order valence-corrected chi connectivity index (χ2v) is 12.8. The Morgan fingerprint density at radius 3 is 1.14 bits per heavy atom. The van der Waals surface area contributed by atoms with Crippen LogP contribution in [0.5, 0.6) is 34.5 Å². The number of rotatable bonds is 8. The predicted octanol–water partition coefficient (Wildman–Crippen LogP) is 9.57. The van der Waals surface area contributed by atoms with Gasteiger partial charge in [0.1, 0.15) is 0 Å². The first kappa shape index (κ1) is 33.3. The van der Waals surface area contributed by atoms with E-state index >= 15 is 0 Å². The van der Waals surface area contributed by atoms with Crippen molar-refractivity contribution in [2.24, 2.45) is 0 Å². The van der Waals surface area contributed by atoms with Crippen molar-refractivity contribution in [3.05, 3.63) is 80.3 Å². The van der Waals surface area contributed by atoms with Gasteiger partial charge in [0, 0.05) is 22.2 Å². The molecule has 8 bridgehead atoms. The van der Waals surface area contributed by atoms with Crippen LogP contribution in [-0.2, 0) is 0 Å². The molecule has 0 saturated carbocycles. The minimum absolute atomic E-state index is 0.500. The first-order chi connectivity index (χ1) is 24.3. The van der Waals surface area contributed by atoms with Gasteiger partial charge >= 0.3 is 0 Å². The zero-order valence-electron chi connectivity index (χ0n) is 28.0. The summed E-state index contributed by atoms with van der Waals surface area (Å²) in [5, 5.41) is 0. The van der Waals surface area contributed by atoms with Crippen molar-refractivity contribution in [3.8, 4) is 56.8 Å². The lowest BCUT2D eigenvalue weighted by Crippen LogP contribution is -1.97. The maximum absolute atomic E-state index is 5.72. The van der Waals surface area contributed by atoms with Crippen LogP contribution in [0.25, 0.3) is 68.6 Å². The third-order valence-corrected chi connectivity index (χ3v) is 10.2. The molecule has 7 rings (SSSR count). The fourth-order valence-corrected chi connectivity index (χ4v) is 7.10. The number of benzene rings is 2. The van der Waals surface area contributed by atoms with Crippen LogP contribution in [0.15, 0.2) is 57.5 Å². The largest absolute Gasteiger partial charge is 0.493 e. The number of ether oxygens (including phenoxy) is 6. The standard InChI is InChI=1S/C38H32Br2N4O6/c1-45-29-15-19(16-30(46-2)37(29)49-5)33-21-7-11-25(41-21)35(39)27-13-9-23(43-27)34(20-17-31(47-3)38(50-6)32(18-20)48-4)24-10-14-28(44-24)36(40)26-12-8-22(33)42-26/h7-18,41-42H,1-6H3. The molecule has 0 radical (unpaired) electrons. The normalized spacial score (nSPS) is 11.8. The first-order valence-corrected chi connectivity index (χ1v) is 17.0. The van der Waals surface area contributed by atoms with E-state index in [1.807, 2.05) is 72.8 Å². The van der Waals surface area contributed by atoms with Gasteiger partial charge in [0.25, 0.3) is 0 Å². The number of hydrogen-bond acceptors (Lipinski definition) is 8. The fourth-order valence-electron chi connectivity index (χ4n) is 6.20. The van der Waals surface area contributed by atoms with E-state index in [-0.39, 0.29) is 0 Å². The molecule has 2 aliphatic heterocycles. The van der Waals surface area contributed by atoms with Gasteiger partial charge in [-0.1, -0.05) is 0 Å². The average molecular weight is 801 g/mol. The van der Waals surface area contributed by atoms with Crippen molar-refractivity contribution in [1.29, 1.82) is 0 Å². The Morgan fingerprint density at radius 1 is 0.440 bits per heavy atom. The molecule has 5 aromatic rings. The molecular weight excluding hydrogens is 768 g/mol. The number of halogens is 2. The summed E-state index contributed by atoms with van der Waals surface area (Å²) in [6.45, 7) is 0. The van der Waals surface area contributed by atoms with E-state index in [0.29, 0.717) is 34.5 Å². The molecule has 50 heavy (non-hydrogen) atoms. The molecule has 2 aromatic carbocycles. The summed E-state index contributed by atoms with van der Waals surface area (Å²) in [5.41, 5.74) is 9.64. The molecule has 0 aliphatic carbocycles. The van der Waals surface area contributed by atoms with Crippen LogP contribution < -0.4 is 28.4 Å². The summed E-state index contributed by atoms with van der Waals surface area (Å²) in [4.78, 5) is 17.4. The van der Waals surface area contributed by atoms with Crippen molar-refractivity contribution in [2.45, 2.75) is 0 Å². The molecule has 10 nitrogen and oxygen atoms in total. The van der Waals surface area contributed by atoms with Gasteiger partial charge < -0.3 is 38.4 Å². The Labute approximate surface area is 305 Å². The number of aromatic nitrogens is 4. The fraction of sp³-hybridized carbons (Fsp3) is 0.158. The zero-order chi connectivity index (χ0) is 35.1. The Morgan fingerprint density at radius 2 is 0.780 bits per heavy atom. The molecule has 0 amide bonds. The van der Waals surface area contributed by atoms with E-state index in [1.54, 1.807) is 42.7 Å². The molecule has 0 saturated heterocycles. The van der Waals surface area contributed by atoms with Gasteiger partial charge in [-0.05, 0) is 116 Å². The first-order valence-electron chi connectivity index (χ1n) is 15.4. The minimum Gasteiger partial charge on any atom is -0.493 e. The summed E-state index contributed by atoms with van der Waals surface area (Å²) in [6, 6.07) is 15.8. The van der Waals surface area contributed by atoms with Crippen LogP contribution in [-0.4, -0.2) is 62.6 Å². The maximum Gasteiger partial charge on any atom is 0.203 e. The van der Waals surface area contributed by atoms with Gasteiger partial charge in [0.05, 0.1) is 85.4 Å². The van der Waals surface area contributed by atoms with Crippen LogP contribution in [0.1, 0.15) is 22.8 Å². The Bertz CT molecular complexity index is 2240. The van der Waals surface area contributed by atoms with E-state index in [9.17, 15) is 0 Å². The lowest BCUT2D eigenvalue weighted by Gasteiger charge is -2.15. The van der Waals surface area contributed by atoms with E-state index in [1.165, 1.54) is 0 Å². The number of nitrogens with zero attached hydrogens (tertiary/aromatic N) is 2.